The van der Waals surface area contributed by atoms with E-state index in [0.29, 0.717) is 17.7 Å². The first-order valence-corrected chi connectivity index (χ1v) is 6.04. The lowest BCUT2D eigenvalue weighted by molar-refractivity contribution is -0.120. The maximum absolute atomic E-state index is 12.4. The van der Waals surface area contributed by atoms with Crippen LogP contribution in [0, 0.1) is 11.8 Å². The van der Waals surface area contributed by atoms with E-state index in [1.165, 1.54) is 0 Å². The van der Waals surface area contributed by atoms with Crippen LogP contribution in [0.25, 0.3) is 0 Å². The van der Waals surface area contributed by atoms with Gasteiger partial charge in [-0.3, -0.25) is 9.79 Å². The average molecular weight is 246 g/mol. The minimum Gasteiger partial charge on any atom is -0.396 e. The highest BCUT2D eigenvalue weighted by molar-refractivity contribution is 6.54. The first-order chi connectivity index (χ1) is 8.81. The van der Waals surface area contributed by atoms with E-state index in [9.17, 15) is 9.90 Å². The smallest absolute Gasteiger partial charge is 0.189 e. The molecule has 18 heavy (non-hydrogen) atoms. The van der Waals surface area contributed by atoms with Crippen LogP contribution in [0.3, 0.4) is 0 Å². The number of rotatable bonds is 4. The van der Waals surface area contributed by atoms with E-state index in [4.69, 9.17) is 0 Å². The molecule has 0 aromatic rings. The van der Waals surface area contributed by atoms with Crippen molar-refractivity contribution in [2.75, 3.05) is 19.7 Å². The molecule has 1 unspecified atom stereocenters. The third-order valence-electron chi connectivity index (χ3n) is 3.58. The van der Waals surface area contributed by atoms with Crippen LogP contribution in [0.1, 0.15) is 6.42 Å². The summed E-state index contributed by atoms with van der Waals surface area (Å²) in [7, 11) is 0. The number of Topliss-reactive ketones (excluding diaryl/α,β-unsaturated/α-hetero) is 1. The fourth-order valence-electron chi connectivity index (χ4n) is 2.31. The molecule has 1 saturated heterocycles. The molecule has 0 aromatic carbocycles. The molecular weight excluding hydrogens is 232 g/mol. The van der Waals surface area contributed by atoms with Gasteiger partial charge >= 0.3 is 0 Å². The van der Waals surface area contributed by atoms with Crippen LogP contribution >= 0.6 is 0 Å². The van der Waals surface area contributed by atoms with Gasteiger partial charge in [-0.25, -0.2) is 0 Å². The van der Waals surface area contributed by atoms with Crippen molar-refractivity contribution in [3.8, 4) is 0 Å². The molecule has 1 atom stereocenters. The highest BCUT2D eigenvalue weighted by atomic mass is 16.3. The van der Waals surface area contributed by atoms with Crippen molar-refractivity contribution in [3.63, 3.8) is 0 Å². The molecule has 0 aromatic heterocycles. The van der Waals surface area contributed by atoms with Gasteiger partial charge in [0.15, 0.2) is 5.78 Å². The number of aliphatic hydroxyl groups is 1. The Labute approximate surface area is 104 Å². The fraction of sp³-hybridized carbons (Fsp3) is 0.500. The predicted molar refractivity (Wildman–Crippen MR) is 68.0 cm³/mol. The van der Waals surface area contributed by atoms with E-state index < -0.39 is 0 Å². The number of carbonyl (C=O) groups is 1. The van der Waals surface area contributed by atoms with Crippen LogP contribution < -0.4 is 5.32 Å². The third kappa shape index (κ3) is 1.74. The summed E-state index contributed by atoms with van der Waals surface area (Å²) >= 11 is 0. The van der Waals surface area contributed by atoms with Gasteiger partial charge in [0.05, 0.1) is 18.2 Å². The van der Waals surface area contributed by atoms with Gasteiger partial charge in [-0.05, 0) is 19.0 Å². The van der Waals surface area contributed by atoms with E-state index in [2.05, 4.69) is 20.5 Å². The lowest BCUT2D eigenvalue weighted by Crippen LogP contribution is -2.50. The normalized spacial score (nSPS) is 23.7. The van der Waals surface area contributed by atoms with Crippen molar-refractivity contribution >= 4 is 23.4 Å². The van der Waals surface area contributed by atoms with E-state index >= 15 is 0 Å². The third-order valence-corrected chi connectivity index (χ3v) is 3.58. The van der Waals surface area contributed by atoms with Gasteiger partial charge in [-0.15, -0.1) is 5.10 Å². The number of nitrogens with zero attached hydrogens (tertiary/aromatic N) is 3. The number of ketones is 1. The topological polar surface area (TPSA) is 86.4 Å². The van der Waals surface area contributed by atoms with Crippen molar-refractivity contribution in [1.82, 2.24) is 5.32 Å². The summed E-state index contributed by atoms with van der Waals surface area (Å²) in [6.45, 7) is 1.40. The predicted octanol–water partition coefficient (Wildman–Crippen LogP) is -0.448. The SMILES string of the molecule is O=C(C1=NN=C2CC=NC=C21)C(CO)C1CNC1. The number of fused-ring (bicyclic) bond motifs is 1. The lowest BCUT2D eigenvalue weighted by atomic mass is 9.81. The van der Waals surface area contributed by atoms with Crippen molar-refractivity contribution in [2.24, 2.45) is 27.0 Å². The summed E-state index contributed by atoms with van der Waals surface area (Å²) in [5, 5.41) is 20.5. The largest absolute Gasteiger partial charge is 0.396 e. The average Bonchev–Trinajstić information content (AvgIpc) is 2.76. The first-order valence-electron chi connectivity index (χ1n) is 6.04. The maximum Gasteiger partial charge on any atom is 0.189 e. The Kier molecular flexibility index (Phi) is 2.89. The van der Waals surface area contributed by atoms with Crippen molar-refractivity contribution in [2.45, 2.75) is 6.42 Å². The van der Waals surface area contributed by atoms with Crippen LogP contribution in [0.5, 0.6) is 0 Å². The first kappa shape index (κ1) is 11.4. The molecular formula is C12H14N4O2. The number of aliphatic hydroxyl groups excluding tert-OH is 1. The van der Waals surface area contributed by atoms with Gasteiger partial charge in [0.25, 0.3) is 0 Å². The van der Waals surface area contributed by atoms with Gasteiger partial charge in [0.1, 0.15) is 5.71 Å². The van der Waals surface area contributed by atoms with Gasteiger partial charge in [0.2, 0.25) is 0 Å². The Morgan fingerprint density at radius 2 is 2.33 bits per heavy atom. The van der Waals surface area contributed by atoms with Crippen LogP contribution in [0.2, 0.25) is 0 Å². The number of carbonyl (C=O) groups excluding carboxylic acids is 1. The molecule has 3 aliphatic heterocycles. The quantitative estimate of drug-likeness (QED) is 0.704. The van der Waals surface area contributed by atoms with Crippen molar-refractivity contribution < 1.29 is 9.90 Å². The molecule has 0 amide bonds. The fourth-order valence-corrected chi connectivity index (χ4v) is 2.31. The van der Waals surface area contributed by atoms with E-state index in [1.807, 2.05) is 0 Å². The number of nitrogens with one attached hydrogen (secondary N) is 1. The zero-order chi connectivity index (χ0) is 12.5. The number of aliphatic imine (C=N–C) groups is 1. The van der Waals surface area contributed by atoms with Crippen LogP contribution in [0.4, 0.5) is 0 Å². The Bertz CT molecular complexity index is 500. The molecule has 6 nitrogen and oxygen atoms in total. The molecule has 1 fully saturated rings. The zero-order valence-corrected chi connectivity index (χ0v) is 9.83. The Morgan fingerprint density at radius 1 is 1.50 bits per heavy atom. The molecule has 0 spiro atoms. The van der Waals surface area contributed by atoms with Gasteiger partial charge in [-0.2, -0.15) is 5.10 Å². The highest BCUT2D eigenvalue weighted by Gasteiger charge is 2.37. The van der Waals surface area contributed by atoms with Gasteiger partial charge in [-0.1, -0.05) is 0 Å². The van der Waals surface area contributed by atoms with E-state index in [0.717, 1.165) is 18.8 Å². The molecule has 3 aliphatic rings. The lowest BCUT2D eigenvalue weighted by Gasteiger charge is -2.32. The summed E-state index contributed by atoms with van der Waals surface area (Å²) in [4.78, 5) is 16.4. The van der Waals surface area contributed by atoms with Gasteiger partial charge < -0.3 is 10.4 Å². The number of hydrogen-bond acceptors (Lipinski definition) is 6. The standard InChI is InChI=1S/C12H14N4O2/c17-6-9(7-3-14-4-7)12(18)11-8-5-13-2-1-10(8)15-16-11/h2,5,7,9,14,17H,1,3-4,6H2. The zero-order valence-electron chi connectivity index (χ0n) is 9.83. The summed E-state index contributed by atoms with van der Waals surface area (Å²) in [6.07, 6.45) is 3.98. The van der Waals surface area contributed by atoms with Crippen LogP contribution in [0.15, 0.2) is 27.0 Å². The summed E-state index contributed by atoms with van der Waals surface area (Å²) in [6, 6.07) is 0. The summed E-state index contributed by atoms with van der Waals surface area (Å²) in [5.74, 6) is -0.306. The second-order valence-corrected chi connectivity index (χ2v) is 4.65. The minimum absolute atomic E-state index is 0.119. The minimum atomic E-state index is -0.383. The molecule has 94 valence electrons. The maximum atomic E-state index is 12.4. The molecule has 0 saturated carbocycles. The van der Waals surface area contributed by atoms with E-state index in [-0.39, 0.29) is 24.2 Å². The Morgan fingerprint density at radius 3 is 3.00 bits per heavy atom. The molecule has 0 radical (unpaired) electrons. The van der Waals surface area contributed by atoms with E-state index in [1.54, 1.807) is 12.4 Å². The van der Waals surface area contributed by atoms with Crippen molar-refractivity contribution in [1.29, 1.82) is 0 Å². The molecule has 2 N–H and O–H groups in total. The Hall–Kier alpha value is -1.66. The molecule has 3 rings (SSSR count). The van der Waals surface area contributed by atoms with Crippen LogP contribution in [-0.4, -0.2) is 48.2 Å². The second kappa shape index (κ2) is 4.55. The molecule has 0 aliphatic carbocycles. The summed E-state index contributed by atoms with van der Waals surface area (Å²) in [5.41, 5.74) is 1.86. The monoisotopic (exact) mass is 246 g/mol. The Balaban J connectivity index is 1.80. The molecule has 3 heterocycles. The number of hydrogen-bond donors (Lipinski definition) is 2. The molecule has 6 heteroatoms. The van der Waals surface area contributed by atoms with Crippen molar-refractivity contribution in [3.05, 3.63) is 11.8 Å². The molecule has 0 bridgehead atoms. The summed E-state index contributed by atoms with van der Waals surface area (Å²) < 4.78 is 0. The number of allylic oxidation sites excluding steroid dienone is 1. The highest BCUT2D eigenvalue weighted by Crippen LogP contribution is 2.23. The van der Waals surface area contributed by atoms with Crippen LogP contribution in [-0.2, 0) is 4.79 Å². The van der Waals surface area contributed by atoms with Gasteiger partial charge in [0, 0.05) is 24.4 Å². The second-order valence-electron chi connectivity index (χ2n) is 4.65.